The van der Waals surface area contributed by atoms with Crippen LogP contribution >= 0.6 is 0 Å². The number of nitro groups is 1. The first-order valence-electron chi connectivity index (χ1n) is 8.72. The zero-order chi connectivity index (χ0) is 20.6. The van der Waals surface area contributed by atoms with E-state index >= 15 is 0 Å². The number of hydrogen-bond donors (Lipinski definition) is 1. The highest BCUT2D eigenvalue weighted by Gasteiger charge is 2.13. The van der Waals surface area contributed by atoms with Crippen molar-refractivity contribution in [2.45, 2.75) is 26.2 Å². The highest BCUT2D eigenvalue weighted by Crippen LogP contribution is 2.24. The van der Waals surface area contributed by atoms with Crippen LogP contribution in [-0.2, 0) is 10.2 Å². The van der Waals surface area contributed by atoms with Crippen LogP contribution in [-0.4, -0.2) is 23.7 Å². The summed E-state index contributed by atoms with van der Waals surface area (Å²) >= 11 is 0. The van der Waals surface area contributed by atoms with Gasteiger partial charge in [-0.05, 0) is 46.9 Å². The molecule has 1 N–H and O–H groups in total. The summed E-state index contributed by atoms with van der Waals surface area (Å²) in [5.74, 6) is 0.241. The van der Waals surface area contributed by atoms with Crippen LogP contribution in [0.15, 0.2) is 59.7 Å². The Kier molecular flexibility index (Phi) is 7.03. The lowest BCUT2D eigenvalue weighted by atomic mass is 9.87. The largest absolute Gasteiger partial charge is 0.484 e. The normalized spacial score (nSPS) is 11.7. The molecule has 0 radical (unpaired) electrons. The van der Waals surface area contributed by atoms with Crippen molar-refractivity contribution in [1.82, 2.24) is 5.43 Å². The molecule has 7 nitrogen and oxygen atoms in total. The summed E-state index contributed by atoms with van der Waals surface area (Å²) in [6, 6.07) is 13.7. The van der Waals surface area contributed by atoms with Gasteiger partial charge in [0.15, 0.2) is 6.61 Å². The zero-order valence-corrected chi connectivity index (χ0v) is 16.1. The lowest BCUT2D eigenvalue weighted by Gasteiger charge is -2.19. The van der Waals surface area contributed by atoms with E-state index in [1.165, 1.54) is 23.9 Å². The van der Waals surface area contributed by atoms with Gasteiger partial charge in [-0.3, -0.25) is 14.9 Å². The molecule has 146 valence electrons. The molecule has 0 unspecified atom stereocenters. The van der Waals surface area contributed by atoms with Crippen LogP contribution in [0.2, 0.25) is 0 Å². The van der Waals surface area contributed by atoms with Gasteiger partial charge in [0.2, 0.25) is 0 Å². The van der Waals surface area contributed by atoms with Crippen molar-refractivity contribution >= 4 is 23.9 Å². The van der Waals surface area contributed by atoms with Crippen molar-refractivity contribution in [2.75, 3.05) is 6.61 Å². The summed E-state index contributed by atoms with van der Waals surface area (Å²) < 4.78 is 5.43. The number of nitrogens with zero attached hydrogens (tertiary/aromatic N) is 2. The fourth-order valence-corrected chi connectivity index (χ4v) is 2.25. The highest BCUT2D eigenvalue weighted by molar-refractivity contribution is 5.82. The smallest absolute Gasteiger partial charge is 0.277 e. The third kappa shape index (κ3) is 6.68. The maximum Gasteiger partial charge on any atom is 0.277 e. The molecule has 0 saturated heterocycles. The van der Waals surface area contributed by atoms with E-state index in [1.807, 2.05) is 24.3 Å². The summed E-state index contributed by atoms with van der Waals surface area (Å²) in [7, 11) is 0. The number of rotatable bonds is 7. The van der Waals surface area contributed by atoms with Gasteiger partial charge in [0.25, 0.3) is 11.6 Å². The number of allylic oxidation sites excluding steroid dienone is 1. The molecule has 0 atom stereocenters. The van der Waals surface area contributed by atoms with Gasteiger partial charge in [-0.1, -0.05) is 39.0 Å². The first-order valence-corrected chi connectivity index (χ1v) is 8.72. The van der Waals surface area contributed by atoms with Crippen LogP contribution < -0.4 is 10.2 Å². The Morgan fingerprint density at radius 2 is 1.79 bits per heavy atom. The predicted molar refractivity (Wildman–Crippen MR) is 109 cm³/mol. The van der Waals surface area contributed by atoms with Gasteiger partial charge in [-0.15, -0.1) is 0 Å². The number of nitrogens with one attached hydrogen (secondary N) is 1. The number of hydrogen-bond acceptors (Lipinski definition) is 5. The molecule has 0 saturated carbocycles. The van der Waals surface area contributed by atoms with Crippen molar-refractivity contribution < 1.29 is 14.5 Å². The quantitative estimate of drug-likeness (QED) is 0.444. The average Bonchev–Trinajstić information content (AvgIpc) is 2.66. The number of nitro benzene ring substituents is 1. The Balaban J connectivity index is 1.75. The van der Waals surface area contributed by atoms with Gasteiger partial charge in [-0.25, -0.2) is 5.43 Å². The number of non-ortho nitro benzene ring substituents is 1. The second kappa shape index (κ2) is 9.45. The van der Waals surface area contributed by atoms with E-state index in [0.29, 0.717) is 5.75 Å². The number of carbonyl (C=O) groups is 1. The summed E-state index contributed by atoms with van der Waals surface area (Å²) in [6.45, 7) is 6.25. The molecule has 0 aliphatic rings. The summed E-state index contributed by atoms with van der Waals surface area (Å²) in [6.07, 6.45) is 4.75. The van der Waals surface area contributed by atoms with Gasteiger partial charge in [0, 0.05) is 18.3 Å². The van der Waals surface area contributed by atoms with Crippen molar-refractivity contribution in [3.63, 3.8) is 0 Å². The minimum absolute atomic E-state index is 0.0335. The molecule has 0 spiro atoms. The molecule has 2 aromatic rings. The Labute approximate surface area is 163 Å². The van der Waals surface area contributed by atoms with Gasteiger partial charge in [0.05, 0.1) is 4.92 Å². The van der Waals surface area contributed by atoms with E-state index in [4.69, 9.17) is 4.74 Å². The van der Waals surface area contributed by atoms with E-state index in [2.05, 4.69) is 31.3 Å². The van der Waals surface area contributed by atoms with E-state index in [9.17, 15) is 14.9 Å². The van der Waals surface area contributed by atoms with E-state index in [0.717, 1.165) is 5.56 Å². The number of ether oxygens (including phenoxy) is 1. The molecule has 0 aromatic heterocycles. The minimum atomic E-state index is -0.453. The molecule has 2 aromatic carbocycles. The standard InChI is InChI=1S/C21H23N3O4/c1-21(2,3)17-8-12-19(13-9-17)28-15-20(25)23-22-14-4-5-16-6-10-18(11-7-16)24(26)27/h4-14H,15H2,1-3H3,(H,23,25). The first kappa shape index (κ1) is 20.8. The monoisotopic (exact) mass is 381 g/mol. The topological polar surface area (TPSA) is 93.8 Å². The van der Waals surface area contributed by atoms with Crippen molar-refractivity contribution in [2.24, 2.45) is 5.10 Å². The van der Waals surface area contributed by atoms with Crippen molar-refractivity contribution in [3.05, 3.63) is 75.8 Å². The summed E-state index contributed by atoms with van der Waals surface area (Å²) in [5.41, 5.74) is 4.43. The number of hydrazone groups is 1. The minimum Gasteiger partial charge on any atom is -0.484 e. The molecule has 0 fully saturated rings. The Bertz CT molecular complexity index is 864. The molecule has 0 bridgehead atoms. The lowest BCUT2D eigenvalue weighted by Crippen LogP contribution is -2.24. The molecule has 0 aliphatic heterocycles. The second-order valence-electron chi connectivity index (χ2n) is 7.08. The van der Waals surface area contributed by atoms with Gasteiger partial charge >= 0.3 is 0 Å². The summed E-state index contributed by atoms with van der Waals surface area (Å²) in [4.78, 5) is 21.9. The number of benzene rings is 2. The van der Waals surface area contributed by atoms with E-state index in [-0.39, 0.29) is 23.6 Å². The predicted octanol–water partition coefficient (Wildman–Crippen LogP) is 4.09. The second-order valence-corrected chi connectivity index (χ2v) is 7.08. The third-order valence-corrected chi connectivity index (χ3v) is 3.83. The molecule has 28 heavy (non-hydrogen) atoms. The number of amides is 1. The molecule has 0 aliphatic carbocycles. The maximum absolute atomic E-state index is 11.7. The van der Waals surface area contributed by atoms with Crippen LogP contribution in [0.4, 0.5) is 5.69 Å². The highest BCUT2D eigenvalue weighted by atomic mass is 16.6. The maximum atomic E-state index is 11.7. The van der Waals surface area contributed by atoms with Gasteiger partial charge < -0.3 is 4.74 Å². The first-order chi connectivity index (χ1) is 13.3. The lowest BCUT2D eigenvalue weighted by molar-refractivity contribution is -0.384. The van der Waals surface area contributed by atoms with Crippen LogP contribution in [0.5, 0.6) is 5.75 Å². The molecule has 1 amide bonds. The molecule has 2 rings (SSSR count). The zero-order valence-electron chi connectivity index (χ0n) is 16.1. The van der Waals surface area contributed by atoms with E-state index < -0.39 is 4.92 Å². The molecule has 7 heteroatoms. The van der Waals surface area contributed by atoms with Gasteiger partial charge in [0.1, 0.15) is 5.75 Å². The average molecular weight is 381 g/mol. The van der Waals surface area contributed by atoms with Crippen LogP contribution in [0.25, 0.3) is 6.08 Å². The number of carbonyl (C=O) groups excluding carboxylic acids is 1. The Hall–Kier alpha value is -3.48. The van der Waals surface area contributed by atoms with Crippen molar-refractivity contribution in [3.8, 4) is 5.75 Å². The van der Waals surface area contributed by atoms with Crippen LogP contribution in [0, 0.1) is 10.1 Å². The third-order valence-electron chi connectivity index (χ3n) is 3.83. The Morgan fingerprint density at radius 1 is 1.14 bits per heavy atom. The van der Waals surface area contributed by atoms with Crippen molar-refractivity contribution in [1.29, 1.82) is 0 Å². The fourth-order valence-electron chi connectivity index (χ4n) is 2.25. The molecule has 0 heterocycles. The molecular formula is C21H23N3O4. The molecular weight excluding hydrogens is 358 g/mol. The fraction of sp³-hybridized carbons (Fsp3) is 0.238. The summed E-state index contributed by atoms with van der Waals surface area (Å²) in [5, 5.41) is 14.4. The van der Waals surface area contributed by atoms with Gasteiger partial charge in [-0.2, -0.15) is 5.10 Å². The van der Waals surface area contributed by atoms with Crippen LogP contribution in [0.1, 0.15) is 31.9 Å². The van der Waals surface area contributed by atoms with E-state index in [1.54, 1.807) is 24.3 Å². The Morgan fingerprint density at radius 3 is 2.36 bits per heavy atom. The van der Waals surface area contributed by atoms with Crippen LogP contribution in [0.3, 0.4) is 0 Å². The SMILES string of the molecule is CC(C)(C)c1ccc(OCC(=O)NN=CC=Cc2ccc([N+](=O)[O-])cc2)cc1.